The summed E-state index contributed by atoms with van der Waals surface area (Å²) in [4.78, 5) is 24.2. The number of hydrogen-bond acceptors (Lipinski definition) is 4. The minimum atomic E-state index is -1.13. The molecule has 1 heterocycles. The number of phenolic OH excluding ortho intramolecular Hbond substituents is 1. The lowest BCUT2D eigenvalue weighted by Crippen LogP contribution is -2.13. The van der Waals surface area contributed by atoms with Crippen LogP contribution in [0, 0.1) is 6.92 Å². The zero-order chi connectivity index (χ0) is 18.8. The zero-order valence-corrected chi connectivity index (χ0v) is 16.0. The molecule has 26 heavy (non-hydrogen) atoms. The number of anilines is 1. The molecule has 1 amide bonds. The summed E-state index contributed by atoms with van der Waals surface area (Å²) in [7, 11) is 0. The quantitative estimate of drug-likeness (QED) is 0.533. The van der Waals surface area contributed by atoms with E-state index in [1.165, 1.54) is 12.1 Å². The van der Waals surface area contributed by atoms with E-state index in [4.69, 9.17) is 0 Å². The van der Waals surface area contributed by atoms with E-state index in [1.807, 2.05) is 12.1 Å². The van der Waals surface area contributed by atoms with Gasteiger partial charge in [0.15, 0.2) is 0 Å². The van der Waals surface area contributed by atoms with Crippen molar-refractivity contribution in [2.45, 2.75) is 6.92 Å². The molecule has 0 fully saturated rings. The summed E-state index contributed by atoms with van der Waals surface area (Å²) in [5.41, 5.74) is 2.20. The van der Waals surface area contributed by atoms with Crippen LogP contribution in [0.2, 0.25) is 0 Å². The third-order valence-electron chi connectivity index (χ3n) is 3.79. The van der Waals surface area contributed by atoms with Crippen molar-refractivity contribution in [1.29, 1.82) is 0 Å². The van der Waals surface area contributed by atoms with Gasteiger partial charge in [-0.05, 0) is 42.3 Å². The largest absolute Gasteiger partial charge is 0.507 e. The maximum atomic E-state index is 12.4. The van der Waals surface area contributed by atoms with Crippen molar-refractivity contribution in [1.82, 2.24) is 0 Å². The first-order chi connectivity index (χ1) is 12.4. The van der Waals surface area contributed by atoms with Gasteiger partial charge in [-0.3, -0.25) is 4.79 Å². The predicted molar refractivity (Wildman–Crippen MR) is 105 cm³/mol. The Morgan fingerprint density at radius 2 is 1.81 bits per heavy atom. The van der Waals surface area contributed by atoms with Crippen molar-refractivity contribution < 1.29 is 19.8 Å². The molecule has 0 aliphatic rings. The summed E-state index contributed by atoms with van der Waals surface area (Å²) in [6.45, 7) is 1.80. The topological polar surface area (TPSA) is 86.6 Å². The van der Waals surface area contributed by atoms with Gasteiger partial charge in [-0.15, -0.1) is 11.3 Å². The number of carboxylic acid groups (broad SMARTS) is 1. The van der Waals surface area contributed by atoms with Gasteiger partial charge >= 0.3 is 5.97 Å². The molecule has 0 aliphatic carbocycles. The third kappa shape index (κ3) is 3.63. The highest BCUT2D eigenvalue weighted by Crippen LogP contribution is 2.36. The van der Waals surface area contributed by atoms with E-state index in [2.05, 4.69) is 21.2 Å². The van der Waals surface area contributed by atoms with E-state index >= 15 is 0 Å². The fourth-order valence-electron chi connectivity index (χ4n) is 2.51. The number of carbonyl (C=O) groups is 2. The molecule has 0 atom stereocenters. The van der Waals surface area contributed by atoms with Crippen LogP contribution in [0.25, 0.3) is 11.1 Å². The van der Waals surface area contributed by atoms with Crippen molar-refractivity contribution >= 4 is 44.1 Å². The first kappa shape index (κ1) is 18.2. The van der Waals surface area contributed by atoms with Gasteiger partial charge in [0.05, 0.1) is 5.56 Å². The van der Waals surface area contributed by atoms with E-state index in [0.29, 0.717) is 5.56 Å². The molecule has 0 saturated heterocycles. The number of nitrogens with one attached hydrogen (secondary N) is 1. The first-order valence-corrected chi connectivity index (χ1v) is 9.25. The number of halogens is 1. The van der Waals surface area contributed by atoms with Gasteiger partial charge in [-0.25, -0.2) is 4.79 Å². The van der Waals surface area contributed by atoms with Crippen molar-refractivity contribution in [2.75, 3.05) is 5.32 Å². The fourth-order valence-corrected chi connectivity index (χ4v) is 3.73. The number of amides is 1. The Labute approximate surface area is 162 Å². The molecule has 1 aromatic heterocycles. The molecule has 0 spiro atoms. The Balaban J connectivity index is 1.97. The van der Waals surface area contributed by atoms with Crippen LogP contribution in [-0.4, -0.2) is 22.1 Å². The standard InChI is InChI=1S/C19H14BrNO4S/c1-10-2-7-13(15(22)8-10)17(23)21-18-16(19(24)25)14(9-26-18)11-3-5-12(20)6-4-11/h2-9,22H,1H3,(H,21,23)(H,24,25). The third-order valence-corrected chi connectivity index (χ3v) is 5.21. The SMILES string of the molecule is Cc1ccc(C(=O)Nc2scc(-c3ccc(Br)cc3)c2C(=O)O)c(O)c1. The number of aromatic hydroxyl groups is 1. The number of carboxylic acids is 1. The zero-order valence-electron chi connectivity index (χ0n) is 13.6. The summed E-state index contributed by atoms with van der Waals surface area (Å²) in [5.74, 6) is -1.84. The summed E-state index contributed by atoms with van der Waals surface area (Å²) >= 11 is 4.48. The second-order valence-corrected chi connectivity index (χ2v) is 7.44. The molecular formula is C19H14BrNO4S. The van der Waals surface area contributed by atoms with Crippen molar-refractivity contribution in [2.24, 2.45) is 0 Å². The Hall–Kier alpha value is -2.64. The normalized spacial score (nSPS) is 10.5. The number of benzene rings is 2. The molecule has 0 bridgehead atoms. The van der Waals surface area contributed by atoms with Crippen LogP contribution >= 0.6 is 27.3 Å². The highest BCUT2D eigenvalue weighted by Gasteiger charge is 2.22. The molecule has 5 nitrogen and oxygen atoms in total. The Bertz CT molecular complexity index is 995. The second kappa shape index (κ2) is 7.31. The molecule has 7 heteroatoms. The van der Waals surface area contributed by atoms with E-state index in [9.17, 15) is 19.8 Å². The Kier molecular flexibility index (Phi) is 5.11. The first-order valence-electron chi connectivity index (χ1n) is 7.58. The van der Waals surface area contributed by atoms with Crippen LogP contribution in [0.15, 0.2) is 52.3 Å². The lowest BCUT2D eigenvalue weighted by atomic mass is 10.0. The summed E-state index contributed by atoms with van der Waals surface area (Å²) in [6, 6.07) is 11.9. The fraction of sp³-hybridized carbons (Fsp3) is 0.0526. The molecule has 3 N–H and O–H groups in total. The number of phenols is 1. The smallest absolute Gasteiger partial charge is 0.339 e. The van der Waals surface area contributed by atoms with Crippen molar-refractivity contribution in [3.05, 3.63) is 69.0 Å². The molecule has 3 aromatic rings. The van der Waals surface area contributed by atoms with Gasteiger partial charge in [-0.2, -0.15) is 0 Å². The summed E-state index contributed by atoms with van der Waals surface area (Å²) < 4.78 is 0.886. The highest BCUT2D eigenvalue weighted by atomic mass is 79.9. The summed E-state index contributed by atoms with van der Waals surface area (Å²) in [6.07, 6.45) is 0. The van der Waals surface area contributed by atoms with Crippen molar-refractivity contribution in [3.63, 3.8) is 0 Å². The second-order valence-electron chi connectivity index (χ2n) is 5.64. The number of aromatic carboxylic acids is 1. The van der Waals surface area contributed by atoms with Gasteiger partial charge in [0.2, 0.25) is 0 Å². The molecule has 0 aliphatic heterocycles. The lowest BCUT2D eigenvalue weighted by molar-refractivity contribution is 0.0699. The predicted octanol–water partition coefficient (Wildman–Crippen LogP) is 5.14. The van der Waals surface area contributed by atoms with Crippen LogP contribution in [-0.2, 0) is 0 Å². The van der Waals surface area contributed by atoms with Crippen LogP contribution in [0.5, 0.6) is 5.75 Å². The van der Waals surface area contributed by atoms with Gasteiger partial charge in [0.25, 0.3) is 5.91 Å². The Morgan fingerprint density at radius 1 is 1.12 bits per heavy atom. The lowest BCUT2D eigenvalue weighted by Gasteiger charge is -2.08. The summed E-state index contributed by atoms with van der Waals surface area (Å²) in [5, 5.41) is 24.1. The minimum absolute atomic E-state index is 0.0253. The average molecular weight is 432 g/mol. The Morgan fingerprint density at radius 3 is 2.42 bits per heavy atom. The molecular weight excluding hydrogens is 418 g/mol. The van der Waals surface area contributed by atoms with E-state index in [1.54, 1.807) is 30.5 Å². The van der Waals surface area contributed by atoms with Crippen molar-refractivity contribution in [3.8, 4) is 16.9 Å². The van der Waals surface area contributed by atoms with E-state index < -0.39 is 11.9 Å². The van der Waals surface area contributed by atoms with Crippen LogP contribution in [0.3, 0.4) is 0 Å². The molecule has 2 aromatic carbocycles. The van der Waals surface area contributed by atoms with Crippen LogP contribution < -0.4 is 5.32 Å². The monoisotopic (exact) mass is 431 g/mol. The molecule has 0 radical (unpaired) electrons. The number of thiophene rings is 1. The number of carbonyl (C=O) groups excluding carboxylic acids is 1. The average Bonchev–Trinajstić information content (AvgIpc) is 2.99. The van der Waals surface area contributed by atoms with E-state index in [0.717, 1.165) is 26.9 Å². The van der Waals surface area contributed by atoms with Gasteiger partial charge in [0, 0.05) is 15.4 Å². The minimum Gasteiger partial charge on any atom is -0.507 e. The number of hydrogen-bond donors (Lipinski definition) is 3. The molecule has 132 valence electrons. The van der Waals surface area contributed by atoms with Gasteiger partial charge < -0.3 is 15.5 Å². The maximum Gasteiger partial charge on any atom is 0.339 e. The van der Waals surface area contributed by atoms with Crippen LogP contribution in [0.1, 0.15) is 26.3 Å². The van der Waals surface area contributed by atoms with Gasteiger partial charge in [0.1, 0.15) is 16.3 Å². The maximum absolute atomic E-state index is 12.4. The van der Waals surface area contributed by atoms with E-state index in [-0.39, 0.29) is 21.9 Å². The molecule has 0 saturated carbocycles. The number of aryl methyl sites for hydroxylation is 1. The van der Waals surface area contributed by atoms with Crippen LogP contribution in [0.4, 0.5) is 5.00 Å². The molecule has 3 rings (SSSR count). The van der Waals surface area contributed by atoms with Gasteiger partial charge in [-0.1, -0.05) is 34.1 Å². The number of rotatable bonds is 4. The highest BCUT2D eigenvalue weighted by molar-refractivity contribution is 9.10. The molecule has 0 unspecified atom stereocenters.